The first-order valence-corrected chi connectivity index (χ1v) is 6.23. The normalized spacial score (nSPS) is 18.1. The van der Waals surface area contributed by atoms with Crippen molar-refractivity contribution >= 4 is 0 Å². The van der Waals surface area contributed by atoms with Gasteiger partial charge in [0.1, 0.15) is 0 Å². The fourth-order valence-electron chi connectivity index (χ4n) is 2.45. The number of aromatic nitrogens is 3. The van der Waals surface area contributed by atoms with Crippen LogP contribution in [-0.2, 0) is 5.54 Å². The lowest BCUT2D eigenvalue weighted by molar-refractivity contribution is 0.372. The first-order chi connectivity index (χ1) is 8.67. The first kappa shape index (κ1) is 11.3. The highest BCUT2D eigenvalue weighted by Gasteiger charge is 2.36. The van der Waals surface area contributed by atoms with E-state index in [0.717, 1.165) is 36.9 Å². The van der Waals surface area contributed by atoms with Gasteiger partial charge in [-0.05, 0) is 31.9 Å². The highest BCUT2D eigenvalue weighted by atomic mass is 16.5. The summed E-state index contributed by atoms with van der Waals surface area (Å²) in [5, 5.41) is 4.04. The van der Waals surface area contributed by atoms with E-state index in [4.69, 9.17) is 10.3 Å². The van der Waals surface area contributed by atoms with Crippen molar-refractivity contribution in [2.75, 3.05) is 0 Å². The zero-order valence-electron chi connectivity index (χ0n) is 10.4. The van der Waals surface area contributed by atoms with Crippen LogP contribution < -0.4 is 5.73 Å². The van der Waals surface area contributed by atoms with Gasteiger partial charge in [-0.25, -0.2) is 0 Å². The summed E-state index contributed by atoms with van der Waals surface area (Å²) in [4.78, 5) is 8.59. The molecule has 0 amide bonds. The molecule has 0 spiro atoms. The molecule has 94 valence electrons. The van der Waals surface area contributed by atoms with Crippen LogP contribution in [0.1, 0.15) is 37.2 Å². The van der Waals surface area contributed by atoms with Crippen LogP contribution in [0.4, 0.5) is 0 Å². The van der Waals surface area contributed by atoms with Crippen LogP contribution in [0.2, 0.25) is 0 Å². The van der Waals surface area contributed by atoms with E-state index >= 15 is 0 Å². The summed E-state index contributed by atoms with van der Waals surface area (Å²) in [6.07, 6.45) is 5.87. The van der Waals surface area contributed by atoms with Gasteiger partial charge in [0.05, 0.1) is 5.54 Å². The van der Waals surface area contributed by atoms with E-state index in [1.54, 1.807) is 6.20 Å². The van der Waals surface area contributed by atoms with Gasteiger partial charge in [-0.1, -0.05) is 18.0 Å². The van der Waals surface area contributed by atoms with Crippen LogP contribution in [-0.4, -0.2) is 15.1 Å². The molecule has 2 N–H and O–H groups in total. The smallest absolute Gasteiger partial charge is 0.258 e. The molecule has 2 aromatic heterocycles. The molecule has 0 bridgehead atoms. The molecule has 0 radical (unpaired) electrons. The molecule has 1 aliphatic carbocycles. The molecule has 0 aromatic carbocycles. The summed E-state index contributed by atoms with van der Waals surface area (Å²) < 4.78 is 5.31. The molecule has 1 saturated carbocycles. The molecule has 2 heterocycles. The van der Waals surface area contributed by atoms with E-state index in [9.17, 15) is 0 Å². The van der Waals surface area contributed by atoms with Gasteiger partial charge in [0.15, 0.2) is 5.82 Å². The molecule has 3 rings (SSSR count). The van der Waals surface area contributed by atoms with Crippen molar-refractivity contribution in [1.29, 1.82) is 0 Å². The Labute approximate surface area is 105 Å². The molecule has 18 heavy (non-hydrogen) atoms. The van der Waals surface area contributed by atoms with Crippen LogP contribution in [0.25, 0.3) is 11.5 Å². The lowest BCUT2D eigenvalue weighted by atomic mass is 9.99. The number of rotatable bonds is 2. The molecule has 1 aliphatic rings. The second kappa shape index (κ2) is 4.17. The van der Waals surface area contributed by atoms with E-state index in [1.807, 2.05) is 19.1 Å². The first-order valence-electron chi connectivity index (χ1n) is 6.23. The molecule has 5 heteroatoms. The molecule has 0 saturated heterocycles. The molecular formula is C13H16N4O. The third-order valence-corrected chi connectivity index (χ3v) is 3.51. The number of aryl methyl sites for hydroxylation is 1. The van der Waals surface area contributed by atoms with Gasteiger partial charge in [0.25, 0.3) is 5.89 Å². The molecular weight excluding hydrogens is 228 g/mol. The second-order valence-corrected chi connectivity index (χ2v) is 4.97. The molecule has 5 nitrogen and oxygen atoms in total. The predicted octanol–water partition coefficient (Wildman–Crippen LogP) is 2.17. The fraction of sp³-hybridized carbons (Fsp3) is 0.462. The number of hydrogen-bond acceptors (Lipinski definition) is 5. The van der Waals surface area contributed by atoms with Crippen LogP contribution in [0.5, 0.6) is 0 Å². The van der Waals surface area contributed by atoms with E-state index in [2.05, 4.69) is 15.1 Å². The van der Waals surface area contributed by atoms with Crippen LogP contribution >= 0.6 is 0 Å². The van der Waals surface area contributed by atoms with E-state index in [0.29, 0.717) is 11.7 Å². The largest absolute Gasteiger partial charge is 0.334 e. The standard InChI is InChI=1S/C13H16N4O/c1-9-8-10(4-7-15-9)11-16-12(17-18-11)13(14)5-2-3-6-13/h4,7-8H,2-3,5-6,14H2,1H3. The zero-order valence-corrected chi connectivity index (χ0v) is 10.4. The molecule has 1 fully saturated rings. The van der Waals surface area contributed by atoms with Crippen molar-refractivity contribution in [2.45, 2.75) is 38.1 Å². The highest BCUT2D eigenvalue weighted by molar-refractivity contribution is 5.52. The Hall–Kier alpha value is -1.75. The summed E-state index contributed by atoms with van der Waals surface area (Å²) in [5.74, 6) is 1.15. The van der Waals surface area contributed by atoms with Gasteiger partial charge >= 0.3 is 0 Å². The molecule has 0 aliphatic heterocycles. The topological polar surface area (TPSA) is 77.8 Å². The summed E-state index contributed by atoms with van der Waals surface area (Å²) in [7, 11) is 0. The Kier molecular flexibility index (Phi) is 2.63. The SMILES string of the molecule is Cc1cc(-c2nc(C3(N)CCCC3)no2)ccn1. The van der Waals surface area contributed by atoms with Crippen molar-refractivity contribution in [3.63, 3.8) is 0 Å². The third kappa shape index (κ3) is 1.90. The number of nitrogens with zero attached hydrogens (tertiary/aromatic N) is 3. The monoisotopic (exact) mass is 244 g/mol. The molecule has 0 atom stereocenters. The minimum Gasteiger partial charge on any atom is -0.334 e. The quantitative estimate of drug-likeness (QED) is 0.875. The maximum absolute atomic E-state index is 6.30. The highest BCUT2D eigenvalue weighted by Crippen LogP contribution is 2.35. The van der Waals surface area contributed by atoms with Gasteiger partial charge in [0, 0.05) is 17.5 Å². The molecule has 0 unspecified atom stereocenters. The lowest BCUT2D eigenvalue weighted by Crippen LogP contribution is -2.34. The van der Waals surface area contributed by atoms with Crippen LogP contribution in [0.15, 0.2) is 22.9 Å². The zero-order chi connectivity index (χ0) is 12.6. The van der Waals surface area contributed by atoms with Gasteiger partial charge < -0.3 is 10.3 Å². The minimum absolute atomic E-state index is 0.399. The van der Waals surface area contributed by atoms with Crippen LogP contribution in [0, 0.1) is 6.92 Å². The van der Waals surface area contributed by atoms with Gasteiger partial charge in [-0.3, -0.25) is 4.98 Å². The maximum atomic E-state index is 6.30. The number of hydrogen-bond donors (Lipinski definition) is 1. The van der Waals surface area contributed by atoms with Crippen molar-refractivity contribution in [3.8, 4) is 11.5 Å². The minimum atomic E-state index is -0.399. The van der Waals surface area contributed by atoms with Crippen molar-refractivity contribution < 1.29 is 4.52 Å². The number of nitrogens with two attached hydrogens (primary N) is 1. The molecule has 2 aromatic rings. The second-order valence-electron chi connectivity index (χ2n) is 4.97. The Balaban J connectivity index is 1.94. The summed E-state index contributed by atoms with van der Waals surface area (Å²) in [5.41, 5.74) is 7.72. The summed E-state index contributed by atoms with van der Waals surface area (Å²) in [6, 6.07) is 3.79. The van der Waals surface area contributed by atoms with Crippen molar-refractivity contribution in [3.05, 3.63) is 29.8 Å². The van der Waals surface area contributed by atoms with E-state index in [1.165, 1.54) is 0 Å². The predicted molar refractivity (Wildman–Crippen MR) is 66.6 cm³/mol. The maximum Gasteiger partial charge on any atom is 0.258 e. The summed E-state index contributed by atoms with van der Waals surface area (Å²) >= 11 is 0. The van der Waals surface area contributed by atoms with E-state index in [-0.39, 0.29) is 0 Å². The van der Waals surface area contributed by atoms with Gasteiger partial charge in [-0.2, -0.15) is 4.98 Å². The third-order valence-electron chi connectivity index (χ3n) is 3.51. The van der Waals surface area contributed by atoms with Crippen molar-refractivity contribution in [2.24, 2.45) is 5.73 Å². The Bertz CT molecular complexity index is 558. The Morgan fingerprint density at radius 2 is 2.11 bits per heavy atom. The summed E-state index contributed by atoms with van der Waals surface area (Å²) in [6.45, 7) is 1.93. The van der Waals surface area contributed by atoms with Crippen molar-refractivity contribution in [1.82, 2.24) is 15.1 Å². The average Bonchev–Trinajstić information content (AvgIpc) is 2.98. The Morgan fingerprint density at radius 3 is 2.83 bits per heavy atom. The van der Waals surface area contributed by atoms with Gasteiger partial charge in [0.2, 0.25) is 0 Å². The van der Waals surface area contributed by atoms with E-state index < -0.39 is 5.54 Å². The average molecular weight is 244 g/mol. The van der Waals surface area contributed by atoms with Crippen LogP contribution in [0.3, 0.4) is 0 Å². The van der Waals surface area contributed by atoms with Gasteiger partial charge in [-0.15, -0.1) is 0 Å². The fourth-order valence-corrected chi connectivity index (χ4v) is 2.45. The lowest BCUT2D eigenvalue weighted by Gasteiger charge is -2.17. The Morgan fingerprint density at radius 1 is 1.33 bits per heavy atom. The number of pyridine rings is 1.